The standard InChI is InChI=1S/C8H12N2O3/c1-8(2,3)13-7(12)6(4-9)10-5-11/h5-6H,1-3H3,(H,10,11)/t6-/m1/s1. The molecule has 0 saturated heterocycles. The largest absolute Gasteiger partial charge is 0.458 e. The van der Waals surface area contributed by atoms with Gasteiger partial charge in [0.2, 0.25) is 12.5 Å². The van der Waals surface area contributed by atoms with Crippen molar-refractivity contribution in [3.05, 3.63) is 0 Å². The number of ether oxygens (including phenoxy) is 1. The highest BCUT2D eigenvalue weighted by molar-refractivity contribution is 5.81. The summed E-state index contributed by atoms with van der Waals surface area (Å²) in [5, 5.41) is 10.5. The molecule has 1 amide bonds. The number of rotatable bonds is 3. The summed E-state index contributed by atoms with van der Waals surface area (Å²) in [5.41, 5.74) is -0.656. The maximum absolute atomic E-state index is 11.1. The van der Waals surface area contributed by atoms with Crippen molar-refractivity contribution in [2.24, 2.45) is 0 Å². The third-order valence-corrected chi connectivity index (χ3v) is 1.01. The highest BCUT2D eigenvalue weighted by atomic mass is 16.6. The number of nitriles is 1. The van der Waals surface area contributed by atoms with E-state index in [0.717, 1.165) is 0 Å². The quantitative estimate of drug-likeness (QED) is 0.493. The van der Waals surface area contributed by atoms with E-state index < -0.39 is 17.6 Å². The Morgan fingerprint density at radius 2 is 2.15 bits per heavy atom. The summed E-state index contributed by atoms with van der Waals surface area (Å²) in [6.45, 7) is 5.04. The van der Waals surface area contributed by atoms with Gasteiger partial charge >= 0.3 is 5.97 Å². The van der Waals surface area contributed by atoms with Crippen LogP contribution in [0.25, 0.3) is 0 Å². The van der Waals surface area contributed by atoms with Gasteiger partial charge in [0.1, 0.15) is 5.60 Å². The van der Waals surface area contributed by atoms with Crippen LogP contribution >= 0.6 is 0 Å². The molecule has 0 aliphatic rings. The first kappa shape index (κ1) is 11.4. The van der Waals surface area contributed by atoms with Gasteiger partial charge in [-0.2, -0.15) is 5.26 Å². The normalized spacial score (nSPS) is 12.5. The number of nitrogens with one attached hydrogen (secondary N) is 1. The van der Waals surface area contributed by atoms with Gasteiger partial charge in [-0.05, 0) is 20.8 Å². The Kier molecular flexibility index (Phi) is 3.92. The van der Waals surface area contributed by atoms with E-state index in [1.54, 1.807) is 26.8 Å². The summed E-state index contributed by atoms with van der Waals surface area (Å²) in [6, 6.07) is 0.383. The lowest BCUT2D eigenvalue weighted by Gasteiger charge is -2.20. The predicted octanol–water partition coefficient (Wildman–Crippen LogP) is -0.0337. The fourth-order valence-electron chi connectivity index (χ4n) is 0.587. The maximum Gasteiger partial charge on any atom is 0.344 e. The topological polar surface area (TPSA) is 79.2 Å². The van der Waals surface area contributed by atoms with Crippen LogP contribution in [0.1, 0.15) is 20.8 Å². The smallest absolute Gasteiger partial charge is 0.344 e. The molecule has 0 aromatic carbocycles. The number of hydrogen-bond donors (Lipinski definition) is 1. The Bertz CT molecular complexity index is 237. The van der Waals surface area contributed by atoms with Gasteiger partial charge in [-0.1, -0.05) is 0 Å². The van der Waals surface area contributed by atoms with E-state index >= 15 is 0 Å². The average molecular weight is 184 g/mol. The van der Waals surface area contributed by atoms with Crippen LogP contribution in [0, 0.1) is 11.3 Å². The van der Waals surface area contributed by atoms with Gasteiger partial charge in [-0.3, -0.25) is 4.79 Å². The molecule has 0 spiro atoms. The Balaban J connectivity index is 4.24. The van der Waals surface area contributed by atoms with E-state index in [4.69, 9.17) is 10.00 Å². The molecule has 1 atom stereocenters. The molecule has 0 rings (SSSR count). The molecular formula is C8H12N2O3. The highest BCUT2D eigenvalue weighted by Crippen LogP contribution is 2.07. The molecule has 0 radical (unpaired) electrons. The first-order valence-corrected chi connectivity index (χ1v) is 3.73. The lowest BCUT2D eigenvalue weighted by atomic mass is 10.2. The van der Waals surface area contributed by atoms with Crippen molar-refractivity contribution in [2.75, 3.05) is 0 Å². The van der Waals surface area contributed by atoms with E-state index in [0.29, 0.717) is 0 Å². The lowest BCUT2D eigenvalue weighted by molar-refractivity contribution is -0.156. The molecule has 0 aromatic rings. The van der Waals surface area contributed by atoms with Crippen LogP contribution in [0.5, 0.6) is 0 Å². The van der Waals surface area contributed by atoms with Gasteiger partial charge in [0.15, 0.2) is 0 Å². The molecule has 5 nitrogen and oxygen atoms in total. The second kappa shape index (κ2) is 4.45. The van der Waals surface area contributed by atoms with Crippen LogP contribution in [0.15, 0.2) is 0 Å². The fourth-order valence-corrected chi connectivity index (χ4v) is 0.587. The number of hydrogen-bond acceptors (Lipinski definition) is 4. The van der Waals surface area contributed by atoms with E-state index in [1.165, 1.54) is 0 Å². The predicted molar refractivity (Wildman–Crippen MR) is 44.4 cm³/mol. The number of amides is 1. The summed E-state index contributed by atoms with van der Waals surface area (Å²) < 4.78 is 4.86. The minimum Gasteiger partial charge on any atom is -0.458 e. The van der Waals surface area contributed by atoms with Gasteiger partial charge in [0.05, 0.1) is 6.07 Å². The van der Waals surface area contributed by atoms with Crippen molar-refractivity contribution < 1.29 is 14.3 Å². The van der Waals surface area contributed by atoms with Gasteiger partial charge in [0, 0.05) is 0 Å². The first-order valence-electron chi connectivity index (χ1n) is 3.73. The summed E-state index contributed by atoms with van der Waals surface area (Å²) in [6.07, 6.45) is 0.289. The molecular weight excluding hydrogens is 172 g/mol. The van der Waals surface area contributed by atoms with Crippen LogP contribution in [0.2, 0.25) is 0 Å². The molecule has 0 bridgehead atoms. The molecule has 0 unspecified atom stereocenters. The third-order valence-electron chi connectivity index (χ3n) is 1.01. The molecule has 13 heavy (non-hydrogen) atoms. The average Bonchev–Trinajstić information content (AvgIpc) is 1.96. The molecule has 5 heteroatoms. The highest BCUT2D eigenvalue weighted by Gasteiger charge is 2.24. The zero-order valence-electron chi connectivity index (χ0n) is 7.83. The van der Waals surface area contributed by atoms with Crippen LogP contribution in [0.4, 0.5) is 0 Å². The summed E-state index contributed by atoms with van der Waals surface area (Å²) in [4.78, 5) is 21.1. The molecule has 0 aromatic heterocycles. The van der Waals surface area contributed by atoms with Crippen LogP contribution in [-0.4, -0.2) is 24.0 Å². The zero-order valence-corrected chi connectivity index (χ0v) is 7.83. The summed E-state index contributed by atoms with van der Waals surface area (Å²) in [7, 11) is 0. The van der Waals surface area contributed by atoms with Gasteiger partial charge in [0.25, 0.3) is 0 Å². The Hall–Kier alpha value is -1.57. The minimum absolute atomic E-state index is 0.289. The van der Waals surface area contributed by atoms with Crippen molar-refractivity contribution in [1.29, 1.82) is 5.26 Å². The van der Waals surface area contributed by atoms with Crippen molar-refractivity contribution in [1.82, 2.24) is 5.32 Å². The monoisotopic (exact) mass is 184 g/mol. The first-order chi connectivity index (χ1) is 5.90. The van der Waals surface area contributed by atoms with E-state index in [1.807, 2.05) is 5.32 Å². The maximum atomic E-state index is 11.1. The Labute approximate surface area is 76.7 Å². The second-order valence-corrected chi connectivity index (χ2v) is 3.38. The van der Waals surface area contributed by atoms with Crippen molar-refractivity contribution in [2.45, 2.75) is 32.4 Å². The van der Waals surface area contributed by atoms with E-state index in [-0.39, 0.29) is 6.41 Å². The Morgan fingerprint density at radius 3 is 2.46 bits per heavy atom. The third kappa shape index (κ3) is 4.80. The zero-order chi connectivity index (χ0) is 10.5. The van der Waals surface area contributed by atoms with Crippen molar-refractivity contribution >= 4 is 12.4 Å². The molecule has 0 heterocycles. The van der Waals surface area contributed by atoms with Gasteiger partial charge in [-0.15, -0.1) is 0 Å². The van der Waals surface area contributed by atoms with E-state index in [9.17, 15) is 9.59 Å². The molecule has 0 aliphatic carbocycles. The minimum atomic E-state index is -1.23. The fraction of sp³-hybridized carbons (Fsp3) is 0.625. The molecule has 0 aliphatic heterocycles. The number of carbonyl (C=O) groups excluding carboxylic acids is 2. The van der Waals surface area contributed by atoms with Crippen LogP contribution in [-0.2, 0) is 14.3 Å². The van der Waals surface area contributed by atoms with Crippen molar-refractivity contribution in [3.8, 4) is 6.07 Å². The van der Waals surface area contributed by atoms with Crippen molar-refractivity contribution in [3.63, 3.8) is 0 Å². The van der Waals surface area contributed by atoms with Gasteiger partial charge < -0.3 is 10.1 Å². The van der Waals surface area contributed by atoms with Crippen LogP contribution < -0.4 is 5.32 Å². The number of nitrogens with zero attached hydrogens (tertiary/aromatic N) is 1. The van der Waals surface area contributed by atoms with Crippen LogP contribution in [0.3, 0.4) is 0 Å². The number of carbonyl (C=O) groups is 2. The summed E-state index contributed by atoms with van der Waals surface area (Å²) in [5.74, 6) is -0.748. The molecule has 0 saturated carbocycles. The molecule has 1 N–H and O–H groups in total. The molecule has 0 fully saturated rings. The lowest BCUT2D eigenvalue weighted by Crippen LogP contribution is -2.39. The number of esters is 1. The van der Waals surface area contributed by atoms with Gasteiger partial charge in [-0.25, -0.2) is 4.79 Å². The SMILES string of the molecule is CC(C)(C)OC(=O)[C@@H](C#N)NC=O. The molecule has 72 valence electrons. The Morgan fingerprint density at radius 1 is 1.62 bits per heavy atom. The second-order valence-electron chi connectivity index (χ2n) is 3.38. The summed E-state index contributed by atoms with van der Waals surface area (Å²) >= 11 is 0. The van der Waals surface area contributed by atoms with E-state index in [2.05, 4.69) is 0 Å².